The average Bonchev–Trinajstić information content (AvgIpc) is 2.98. The molecule has 1 amide bonds. The van der Waals surface area contributed by atoms with Gasteiger partial charge in [0.25, 0.3) is 5.91 Å². The van der Waals surface area contributed by atoms with Crippen LogP contribution < -0.4 is 10.5 Å². The summed E-state index contributed by atoms with van der Waals surface area (Å²) in [6.07, 6.45) is 1.81. The van der Waals surface area contributed by atoms with Gasteiger partial charge >= 0.3 is 5.97 Å². The standard InChI is InChI=1S/C14H15N3O5S2/c1-3-22-13(19)10-11(16-14(23-2)24-10)15-12(18)8-4-6-9(7-5-8)17(20)21/h4-7,17,20H,3H2,1-2H3,(H,15,18). The molecule has 0 saturated carbocycles. The fourth-order valence-corrected chi connectivity index (χ4v) is 3.16. The fraction of sp³-hybridized carbons (Fsp3) is 0.214. The van der Waals surface area contributed by atoms with Gasteiger partial charge in [0.05, 0.1) is 6.61 Å². The van der Waals surface area contributed by atoms with Crippen LogP contribution in [0.2, 0.25) is 0 Å². The normalized spacial score (nSPS) is 11.8. The number of hydrogen-bond donors (Lipinski definition) is 3. The molecule has 1 atom stereocenters. The first-order valence-electron chi connectivity index (χ1n) is 6.83. The number of carbonyl (C=O) groups excluding carboxylic acids is 2. The quantitative estimate of drug-likeness (QED) is 0.403. The molecule has 0 saturated heterocycles. The molecule has 0 aliphatic carbocycles. The second-order valence-corrected chi connectivity index (χ2v) is 6.47. The first-order chi connectivity index (χ1) is 11.5. The van der Waals surface area contributed by atoms with E-state index in [2.05, 4.69) is 10.3 Å². The smallest absolute Gasteiger partial charge is 0.352 e. The summed E-state index contributed by atoms with van der Waals surface area (Å²) in [6.45, 7) is 1.91. The lowest BCUT2D eigenvalue weighted by Crippen LogP contribution is -2.99. The van der Waals surface area contributed by atoms with Gasteiger partial charge in [-0.3, -0.25) is 4.79 Å². The number of anilines is 1. The van der Waals surface area contributed by atoms with Crippen molar-refractivity contribution in [1.29, 1.82) is 0 Å². The van der Waals surface area contributed by atoms with Crippen LogP contribution in [-0.2, 0) is 4.74 Å². The summed E-state index contributed by atoms with van der Waals surface area (Å²) in [5.74, 6) is -0.905. The van der Waals surface area contributed by atoms with Crippen LogP contribution in [0.15, 0.2) is 28.6 Å². The number of ether oxygens (including phenoxy) is 1. The van der Waals surface area contributed by atoms with Crippen molar-refractivity contribution in [2.24, 2.45) is 0 Å². The molecule has 0 fully saturated rings. The molecule has 8 nitrogen and oxygen atoms in total. The number of aromatic nitrogens is 1. The van der Waals surface area contributed by atoms with Crippen LogP contribution in [0.4, 0.5) is 11.5 Å². The summed E-state index contributed by atoms with van der Waals surface area (Å²) in [5.41, 5.74) is 0.339. The van der Waals surface area contributed by atoms with Crippen LogP contribution in [0.25, 0.3) is 0 Å². The van der Waals surface area contributed by atoms with Crippen molar-refractivity contribution in [3.05, 3.63) is 39.9 Å². The van der Waals surface area contributed by atoms with Gasteiger partial charge in [-0.25, -0.2) is 15.0 Å². The zero-order chi connectivity index (χ0) is 17.7. The van der Waals surface area contributed by atoms with E-state index in [4.69, 9.17) is 9.94 Å². The van der Waals surface area contributed by atoms with Gasteiger partial charge in [-0.2, -0.15) is 5.23 Å². The molecular weight excluding hydrogens is 354 g/mol. The van der Waals surface area contributed by atoms with E-state index in [9.17, 15) is 14.8 Å². The molecule has 0 spiro atoms. The van der Waals surface area contributed by atoms with Crippen LogP contribution in [0.3, 0.4) is 0 Å². The van der Waals surface area contributed by atoms with E-state index in [1.165, 1.54) is 36.0 Å². The zero-order valence-corrected chi connectivity index (χ0v) is 14.5. The predicted octanol–water partition coefficient (Wildman–Crippen LogP) is 1.70. The summed E-state index contributed by atoms with van der Waals surface area (Å²) >= 11 is 2.49. The number of nitrogens with one attached hydrogen (secondary N) is 2. The van der Waals surface area contributed by atoms with Gasteiger partial charge < -0.3 is 15.3 Å². The molecule has 0 bridgehead atoms. The topological polar surface area (TPSA) is 116 Å². The summed E-state index contributed by atoms with van der Waals surface area (Å²) < 4.78 is 5.58. The minimum Gasteiger partial charge on any atom is -0.595 e. The van der Waals surface area contributed by atoms with E-state index in [1.54, 1.807) is 6.92 Å². The molecule has 2 rings (SSSR count). The second-order valence-electron chi connectivity index (χ2n) is 4.42. The fourth-order valence-electron chi connectivity index (χ4n) is 1.75. The molecule has 0 radical (unpaired) electrons. The predicted molar refractivity (Wildman–Crippen MR) is 90.0 cm³/mol. The van der Waals surface area contributed by atoms with Gasteiger partial charge in [-0.15, -0.1) is 0 Å². The molecule has 128 valence electrons. The van der Waals surface area contributed by atoms with Crippen molar-refractivity contribution in [2.45, 2.75) is 11.3 Å². The van der Waals surface area contributed by atoms with E-state index in [0.717, 1.165) is 11.3 Å². The highest BCUT2D eigenvalue weighted by atomic mass is 32.2. The van der Waals surface area contributed by atoms with Gasteiger partial charge in [0.15, 0.2) is 20.7 Å². The molecule has 10 heteroatoms. The first kappa shape index (κ1) is 18.4. The highest BCUT2D eigenvalue weighted by molar-refractivity contribution is 8.00. The summed E-state index contributed by atoms with van der Waals surface area (Å²) in [4.78, 5) is 28.6. The van der Waals surface area contributed by atoms with E-state index < -0.39 is 17.1 Å². The van der Waals surface area contributed by atoms with Crippen molar-refractivity contribution in [2.75, 3.05) is 18.2 Å². The number of quaternary nitrogens is 1. The Bertz CT molecular complexity index is 731. The van der Waals surface area contributed by atoms with Gasteiger partial charge in [-0.05, 0) is 25.3 Å². The molecule has 2 aromatic rings. The Labute approximate surface area is 146 Å². The number of thioether (sulfide) groups is 1. The van der Waals surface area contributed by atoms with Crippen molar-refractivity contribution in [3.8, 4) is 0 Å². The Balaban J connectivity index is 2.21. The van der Waals surface area contributed by atoms with Crippen LogP contribution in [0, 0.1) is 5.21 Å². The molecule has 3 N–H and O–H groups in total. The molecule has 24 heavy (non-hydrogen) atoms. The summed E-state index contributed by atoms with van der Waals surface area (Å²) in [5, 5.41) is 21.2. The number of rotatable bonds is 6. The monoisotopic (exact) mass is 369 g/mol. The summed E-state index contributed by atoms with van der Waals surface area (Å²) in [7, 11) is 0. The van der Waals surface area contributed by atoms with Gasteiger partial charge in [-0.1, -0.05) is 23.1 Å². The Morgan fingerprint density at radius 3 is 2.62 bits per heavy atom. The highest BCUT2D eigenvalue weighted by Gasteiger charge is 2.21. The third-order valence-corrected chi connectivity index (χ3v) is 4.89. The van der Waals surface area contributed by atoms with Crippen molar-refractivity contribution >= 4 is 46.5 Å². The Morgan fingerprint density at radius 1 is 1.42 bits per heavy atom. The minimum atomic E-state index is -1.07. The van der Waals surface area contributed by atoms with Crippen LogP contribution >= 0.6 is 23.1 Å². The molecule has 0 aliphatic rings. The number of nitrogens with zero attached hydrogens (tertiary/aromatic N) is 1. The first-order valence-corrected chi connectivity index (χ1v) is 8.87. The molecule has 0 aliphatic heterocycles. The van der Waals surface area contributed by atoms with Crippen molar-refractivity contribution < 1.29 is 24.8 Å². The summed E-state index contributed by atoms with van der Waals surface area (Å²) in [6, 6.07) is 5.45. The maximum atomic E-state index is 12.3. The van der Waals surface area contributed by atoms with E-state index in [1.807, 2.05) is 6.26 Å². The third-order valence-electron chi connectivity index (χ3n) is 2.87. The maximum absolute atomic E-state index is 12.3. The van der Waals surface area contributed by atoms with E-state index in [0.29, 0.717) is 4.34 Å². The molecule has 1 unspecified atom stereocenters. The number of carbonyl (C=O) groups is 2. The maximum Gasteiger partial charge on any atom is 0.352 e. The Kier molecular flexibility index (Phi) is 6.29. The Hall–Kier alpha value is -1.98. The zero-order valence-electron chi connectivity index (χ0n) is 12.9. The third kappa shape index (κ3) is 4.30. The van der Waals surface area contributed by atoms with E-state index >= 15 is 0 Å². The number of amides is 1. The van der Waals surface area contributed by atoms with Crippen molar-refractivity contribution in [1.82, 2.24) is 4.98 Å². The molecular formula is C14H15N3O5S2. The molecule has 1 aromatic heterocycles. The lowest BCUT2D eigenvalue weighted by atomic mass is 10.2. The SMILES string of the molecule is CCOC(=O)c1sc(SC)nc1NC(=O)c1ccc([NH+]([O-])O)cc1. The number of hydrogen-bond acceptors (Lipinski definition) is 8. The molecule has 1 aromatic carbocycles. The van der Waals surface area contributed by atoms with E-state index in [-0.39, 0.29) is 28.6 Å². The second kappa shape index (κ2) is 8.22. The van der Waals surface area contributed by atoms with Gasteiger partial charge in [0.2, 0.25) is 0 Å². The largest absolute Gasteiger partial charge is 0.595 e. The average molecular weight is 369 g/mol. The highest BCUT2D eigenvalue weighted by Crippen LogP contribution is 2.30. The van der Waals surface area contributed by atoms with Gasteiger partial charge in [0, 0.05) is 17.7 Å². The van der Waals surface area contributed by atoms with Crippen molar-refractivity contribution in [3.63, 3.8) is 0 Å². The number of esters is 1. The molecule has 1 heterocycles. The lowest BCUT2D eigenvalue weighted by molar-refractivity contribution is -0.991. The van der Waals surface area contributed by atoms with Gasteiger partial charge in [0.1, 0.15) is 0 Å². The lowest BCUT2D eigenvalue weighted by Gasteiger charge is -2.11. The van der Waals surface area contributed by atoms with Crippen LogP contribution in [-0.4, -0.2) is 34.9 Å². The number of thiazole rings is 1. The van der Waals surface area contributed by atoms with Crippen LogP contribution in [0.1, 0.15) is 27.0 Å². The number of benzene rings is 1. The van der Waals surface area contributed by atoms with Crippen LogP contribution in [0.5, 0.6) is 0 Å². The minimum absolute atomic E-state index is 0.0806. The Morgan fingerprint density at radius 2 is 2.08 bits per heavy atom.